The topological polar surface area (TPSA) is 132 Å². The van der Waals surface area contributed by atoms with E-state index >= 15 is 0 Å². The Morgan fingerprint density at radius 2 is 1.65 bits per heavy atom. The third kappa shape index (κ3) is 4.08. The molecule has 1 amide bonds. The van der Waals surface area contributed by atoms with E-state index in [1.807, 2.05) is 30.3 Å². The summed E-state index contributed by atoms with van der Waals surface area (Å²) in [6.07, 6.45) is -0.619. The van der Waals surface area contributed by atoms with Crippen molar-refractivity contribution in [1.82, 2.24) is 4.90 Å². The van der Waals surface area contributed by atoms with Gasteiger partial charge in [0.2, 0.25) is 0 Å². The highest BCUT2D eigenvalue weighted by molar-refractivity contribution is 8.13. The monoisotopic (exact) mass is 601 g/mol. The number of rotatable bonds is 3. The van der Waals surface area contributed by atoms with E-state index in [0.717, 1.165) is 17.2 Å². The van der Waals surface area contributed by atoms with Crippen LogP contribution in [0.15, 0.2) is 53.4 Å². The minimum atomic E-state index is -1.21. The molecule has 0 aromatic heterocycles. The predicted molar refractivity (Wildman–Crippen MR) is 156 cm³/mol. The Hall–Kier alpha value is -3.68. The molecule has 220 valence electrons. The molecule has 10 nitrogen and oxygen atoms in total. The van der Waals surface area contributed by atoms with Gasteiger partial charge < -0.3 is 33.9 Å². The minimum Gasteiger partial charge on any atom is -0.507 e. The van der Waals surface area contributed by atoms with E-state index in [1.165, 1.54) is 11.0 Å². The predicted octanol–water partition coefficient (Wildman–Crippen LogP) is 3.58. The Labute approximate surface area is 252 Å². The largest absolute Gasteiger partial charge is 0.507 e. The van der Waals surface area contributed by atoms with Crippen molar-refractivity contribution in [1.29, 1.82) is 0 Å². The number of thioether (sulfide) groups is 1. The lowest BCUT2D eigenvalue weighted by Crippen LogP contribution is -2.65. The van der Waals surface area contributed by atoms with Crippen molar-refractivity contribution >= 4 is 41.1 Å². The van der Waals surface area contributed by atoms with Gasteiger partial charge in [0, 0.05) is 54.1 Å². The quantitative estimate of drug-likeness (QED) is 0.204. The van der Waals surface area contributed by atoms with E-state index in [-0.39, 0.29) is 56.4 Å². The smallest absolute Gasteiger partial charge is 0.494 e. The summed E-state index contributed by atoms with van der Waals surface area (Å²) in [5, 5.41) is 23.2. The molecule has 7 rings (SSSR count). The fourth-order valence-corrected chi connectivity index (χ4v) is 7.40. The van der Waals surface area contributed by atoms with Gasteiger partial charge in [0.25, 0.3) is 5.24 Å². The number of hydrogen-bond acceptors (Lipinski definition) is 10. The van der Waals surface area contributed by atoms with Crippen molar-refractivity contribution in [2.24, 2.45) is 0 Å². The molecule has 3 aromatic rings. The molecular formula is C31H28BNO9S. The first-order valence-corrected chi connectivity index (χ1v) is 14.8. The van der Waals surface area contributed by atoms with Crippen LogP contribution in [0.25, 0.3) is 0 Å². The van der Waals surface area contributed by atoms with Gasteiger partial charge in [-0.3, -0.25) is 14.4 Å². The summed E-state index contributed by atoms with van der Waals surface area (Å²) in [6, 6.07) is 13.9. The van der Waals surface area contributed by atoms with Crippen molar-refractivity contribution in [2.75, 3.05) is 27.3 Å². The van der Waals surface area contributed by atoms with Crippen LogP contribution in [0.1, 0.15) is 62.4 Å². The van der Waals surface area contributed by atoms with Crippen molar-refractivity contribution in [2.45, 2.75) is 42.2 Å². The van der Waals surface area contributed by atoms with Crippen LogP contribution >= 0.6 is 11.8 Å². The number of carbonyl (C=O) groups is 3. The number of fused-ring (bicyclic) bond motifs is 6. The number of phenolic OH excluding ortho intramolecular Hbond substituents is 2. The number of ketones is 2. The number of hydrogen-bond donors (Lipinski definition) is 2. The highest BCUT2D eigenvalue weighted by atomic mass is 32.2. The van der Waals surface area contributed by atoms with Gasteiger partial charge in [-0.05, 0) is 30.2 Å². The number of amides is 1. The minimum absolute atomic E-state index is 0.00957. The lowest BCUT2D eigenvalue weighted by atomic mass is 9.65. The van der Waals surface area contributed by atoms with Crippen molar-refractivity contribution in [3.8, 4) is 11.5 Å². The molecule has 0 radical (unpaired) electrons. The molecule has 43 heavy (non-hydrogen) atoms. The summed E-state index contributed by atoms with van der Waals surface area (Å²) >= 11 is 0.812. The first-order valence-electron chi connectivity index (χ1n) is 13.9. The zero-order valence-corrected chi connectivity index (χ0v) is 24.5. The standard InChI is InChI=1S/C31H28BNO9S/c1-30(39-12-13-40-30)31-14-18-21(19(15-31)41-32(42-31)16-8-5-4-6-9-16)27(36)24-23(26(18)35)25(34)17-10-7-11-20(22(17)28(24)37)43-29(38)33(2)3/h4-11,19,35-36H,12-15H2,1-3H3/t19-,31-/m0/s1. The number of aromatic hydroxyl groups is 2. The first-order chi connectivity index (χ1) is 20.5. The highest BCUT2D eigenvalue weighted by Crippen LogP contribution is 2.57. The zero-order chi connectivity index (χ0) is 30.3. The fourth-order valence-electron chi connectivity index (χ4n) is 6.58. The van der Waals surface area contributed by atoms with Crippen LogP contribution in [0, 0.1) is 0 Å². The molecule has 12 heteroatoms. The van der Waals surface area contributed by atoms with Crippen LogP contribution in [-0.2, 0) is 25.2 Å². The van der Waals surface area contributed by atoms with Crippen LogP contribution in [0.4, 0.5) is 4.79 Å². The summed E-state index contributed by atoms with van der Waals surface area (Å²) in [5.41, 5.74) is -0.519. The van der Waals surface area contributed by atoms with Gasteiger partial charge in [0.1, 0.15) is 17.1 Å². The van der Waals surface area contributed by atoms with Gasteiger partial charge in [0.05, 0.1) is 30.4 Å². The van der Waals surface area contributed by atoms with E-state index in [9.17, 15) is 24.6 Å². The molecule has 0 saturated carbocycles. The molecule has 0 unspecified atom stereocenters. The highest BCUT2D eigenvalue weighted by Gasteiger charge is 2.63. The van der Waals surface area contributed by atoms with Crippen molar-refractivity contribution in [3.05, 3.63) is 81.9 Å². The van der Waals surface area contributed by atoms with Crippen LogP contribution in [0.5, 0.6) is 11.5 Å². The number of carbonyl (C=O) groups excluding carboxylic acids is 3. The summed E-state index contributed by atoms with van der Waals surface area (Å²) < 4.78 is 25.2. The number of nitrogens with zero attached hydrogens (tertiary/aromatic N) is 1. The van der Waals surface area contributed by atoms with E-state index in [4.69, 9.17) is 18.8 Å². The summed E-state index contributed by atoms with van der Waals surface area (Å²) in [7, 11) is 2.30. The normalized spacial score (nSPS) is 23.4. The molecule has 2 N–H and O–H groups in total. The van der Waals surface area contributed by atoms with Gasteiger partial charge in [-0.1, -0.05) is 42.5 Å². The molecule has 2 atom stereocenters. The molecule has 0 spiro atoms. The second kappa shape index (κ2) is 9.93. The average molecular weight is 601 g/mol. The van der Waals surface area contributed by atoms with Crippen LogP contribution in [0.2, 0.25) is 0 Å². The second-order valence-corrected chi connectivity index (χ2v) is 12.4. The van der Waals surface area contributed by atoms with Gasteiger partial charge in [-0.25, -0.2) is 0 Å². The summed E-state index contributed by atoms with van der Waals surface area (Å²) in [6.45, 7) is 2.47. The Morgan fingerprint density at radius 3 is 2.35 bits per heavy atom. The maximum absolute atomic E-state index is 14.1. The molecular weight excluding hydrogens is 573 g/mol. The SMILES string of the molecule is CN(C)C(=O)Sc1cccc2c1C(=O)c1c(O)c3c(c(O)c1C2=O)C[C@@]1(C2(C)OCCO2)C[C@@H]3OB(c2ccccc2)O1. The summed E-state index contributed by atoms with van der Waals surface area (Å²) in [4.78, 5) is 42.2. The Balaban J connectivity index is 1.41. The van der Waals surface area contributed by atoms with Crippen molar-refractivity contribution in [3.63, 3.8) is 0 Å². The fraction of sp³-hybridized carbons (Fsp3) is 0.323. The van der Waals surface area contributed by atoms with E-state index in [0.29, 0.717) is 13.2 Å². The number of benzene rings is 3. The van der Waals surface area contributed by atoms with E-state index < -0.39 is 47.7 Å². The van der Waals surface area contributed by atoms with Crippen molar-refractivity contribution < 1.29 is 43.4 Å². The lowest BCUT2D eigenvalue weighted by molar-refractivity contribution is -0.273. The molecule has 2 heterocycles. The molecule has 2 fully saturated rings. The number of ether oxygens (including phenoxy) is 2. The Morgan fingerprint density at radius 1 is 0.953 bits per heavy atom. The summed E-state index contributed by atoms with van der Waals surface area (Å²) in [5.74, 6) is -3.36. The molecule has 2 aliphatic carbocycles. The number of phenols is 2. The molecule has 2 saturated heterocycles. The van der Waals surface area contributed by atoms with Gasteiger partial charge in [-0.2, -0.15) is 0 Å². The second-order valence-electron chi connectivity index (χ2n) is 11.4. The maximum Gasteiger partial charge on any atom is 0.494 e. The molecule has 2 aliphatic heterocycles. The lowest BCUT2D eigenvalue weighted by Gasteiger charge is -2.54. The van der Waals surface area contributed by atoms with E-state index in [1.54, 1.807) is 33.2 Å². The van der Waals surface area contributed by atoms with Crippen LogP contribution < -0.4 is 5.46 Å². The van der Waals surface area contributed by atoms with Gasteiger partial charge >= 0.3 is 7.12 Å². The average Bonchev–Trinajstić information content (AvgIpc) is 3.45. The zero-order valence-electron chi connectivity index (χ0n) is 23.7. The van der Waals surface area contributed by atoms with Gasteiger partial charge in [0.15, 0.2) is 17.4 Å². The third-order valence-corrected chi connectivity index (χ3v) is 9.86. The van der Waals surface area contributed by atoms with E-state index in [2.05, 4.69) is 0 Å². The molecule has 4 aliphatic rings. The van der Waals surface area contributed by atoms with Crippen LogP contribution in [0.3, 0.4) is 0 Å². The van der Waals surface area contributed by atoms with Crippen LogP contribution in [-0.4, -0.2) is 77.7 Å². The molecule has 3 aromatic carbocycles. The first kappa shape index (κ1) is 28.1. The molecule has 2 bridgehead atoms. The Kier molecular flexibility index (Phi) is 6.49. The van der Waals surface area contributed by atoms with Gasteiger partial charge in [-0.15, -0.1) is 0 Å². The third-order valence-electron chi connectivity index (χ3n) is 8.76. The Bertz CT molecular complexity index is 1710. The maximum atomic E-state index is 14.1.